The van der Waals surface area contributed by atoms with Crippen LogP contribution in [-0.4, -0.2) is 42.6 Å². The number of oxazole rings is 1. The van der Waals surface area contributed by atoms with Crippen LogP contribution in [0.5, 0.6) is 0 Å². The van der Waals surface area contributed by atoms with Crippen molar-refractivity contribution in [1.29, 1.82) is 0 Å². The van der Waals surface area contributed by atoms with Crippen molar-refractivity contribution < 1.29 is 4.42 Å². The summed E-state index contributed by atoms with van der Waals surface area (Å²) in [6, 6.07) is 9.86. The molecule has 2 N–H and O–H groups in total. The zero-order chi connectivity index (χ0) is 23.2. The number of aryl methyl sites for hydroxylation is 2. The van der Waals surface area contributed by atoms with Gasteiger partial charge in [-0.15, -0.1) is 0 Å². The summed E-state index contributed by atoms with van der Waals surface area (Å²) in [6.45, 7) is 5.44. The van der Waals surface area contributed by atoms with Gasteiger partial charge < -0.3 is 14.6 Å². The molecule has 1 fully saturated rings. The number of nitrogens with one attached hydrogen (secondary N) is 2. The second kappa shape index (κ2) is 7.98. The number of nitrogens with zero attached hydrogens (tertiary/aromatic N) is 6. The molecule has 0 saturated carbocycles. The van der Waals surface area contributed by atoms with Crippen molar-refractivity contribution in [1.82, 2.24) is 29.5 Å². The smallest absolute Gasteiger partial charge is 0.327 e. The lowest BCUT2D eigenvalue weighted by Crippen LogP contribution is -2.37. The second-order valence-corrected chi connectivity index (χ2v) is 8.65. The van der Waals surface area contributed by atoms with E-state index in [4.69, 9.17) is 4.42 Å². The van der Waals surface area contributed by atoms with Crippen LogP contribution in [0.4, 0.5) is 17.3 Å². The molecule has 1 aliphatic heterocycles. The zero-order valence-corrected chi connectivity index (χ0v) is 18.9. The van der Waals surface area contributed by atoms with Crippen LogP contribution in [0, 0.1) is 13.8 Å². The van der Waals surface area contributed by atoms with Gasteiger partial charge in [0.25, 0.3) is 0 Å². The van der Waals surface area contributed by atoms with Crippen LogP contribution >= 0.6 is 0 Å². The van der Waals surface area contributed by atoms with Gasteiger partial charge in [-0.1, -0.05) is 0 Å². The Morgan fingerprint density at radius 1 is 1.12 bits per heavy atom. The number of hydrogen-bond acceptors (Lipinski definition) is 8. The number of pyridine rings is 1. The quantitative estimate of drug-likeness (QED) is 0.419. The Balaban J connectivity index is 1.19. The Hall–Kier alpha value is -4.21. The van der Waals surface area contributed by atoms with Crippen molar-refractivity contribution in [3.05, 3.63) is 64.8 Å². The lowest BCUT2D eigenvalue weighted by Gasteiger charge is -2.33. The minimum atomic E-state index is -0.102. The van der Waals surface area contributed by atoms with Crippen molar-refractivity contribution in [2.24, 2.45) is 0 Å². The maximum Gasteiger partial charge on any atom is 0.327 e. The Labute approximate surface area is 194 Å². The number of benzene rings is 1. The van der Waals surface area contributed by atoms with Gasteiger partial charge >= 0.3 is 5.69 Å². The van der Waals surface area contributed by atoms with E-state index in [0.717, 1.165) is 59.6 Å². The molecule has 0 amide bonds. The molecule has 5 heterocycles. The number of aromatic nitrogens is 6. The van der Waals surface area contributed by atoms with Crippen molar-refractivity contribution >= 4 is 39.6 Å². The number of anilines is 3. The van der Waals surface area contributed by atoms with Gasteiger partial charge in [0.2, 0.25) is 0 Å². The standard InChI is InChI=1S/C24H24N8O2/c1-14-10-16(11-18-22(14)34-15(2)28-18)29-20-12-21(27-13-26-20)31-8-5-17(6-9-31)32-19-4-3-7-25-23(19)30-24(32)33/h3-4,7,10-13,17H,5-6,8-9H2,1-2H3,(H,25,30,33)(H,26,27,29). The topological polar surface area (TPSA) is 118 Å². The summed E-state index contributed by atoms with van der Waals surface area (Å²) < 4.78 is 7.51. The number of hydrogen-bond donors (Lipinski definition) is 2. The number of rotatable bonds is 4. The van der Waals surface area contributed by atoms with Crippen LogP contribution in [0.2, 0.25) is 0 Å². The highest BCUT2D eigenvalue weighted by Gasteiger charge is 2.24. The van der Waals surface area contributed by atoms with Gasteiger partial charge in [-0.05, 0) is 49.6 Å². The van der Waals surface area contributed by atoms with Crippen molar-refractivity contribution in [3.8, 4) is 0 Å². The summed E-state index contributed by atoms with van der Waals surface area (Å²) in [5, 5.41) is 3.37. The molecule has 0 radical (unpaired) electrons. The average molecular weight is 457 g/mol. The molecule has 6 rings (SSSR count). The monoisotopic (exact) mass is 456 g/mol. The van der Waals surface area contributed by atoms with E-state index in [1.807, 2.05) is 48.7 Å². The first-order valence-electron chi connectivity index (χ1n) is 11.3. The van der Waals surface area contributed by atoms with Gasteiger partial charge in [-0.25, -0.2) is 24.7 Å². The van der Waals surface area contributed by atoms with Crippen molar-refractivity contribution in [2.45, 2.75) is 32.7 Å². The van der Waals surface area contributed by atoms with E-state index in [2.05, 4.69) is 35.1 Å². The van der Waals surface area contributed by atoms with Crippen LogP contribution in [0.15, 0.2) is 52.1 Å². The molecule has 34 heavy (non-hydrogen) atoms. The second-order valence-electron chi connectivity index (χ2n) is 8.65. The average Bonchev–Trinajstić information content (AvgIpc) is 3.38. The Bertz CT molecular complexity index is 1560. The van der Waals surface area contributed by atoms with Crippen LogP contribution in [-0.2, 0) is 0 Å². The van der Waals surface area contributed by atoms with Crippen molar-refractivity contribution in [2.75, 3.05) is 23.3 Å². The molecule has 1 saturated heterocycles. The highest BCUT2D eigenvalue weighted by molar-refractivity contribution is 5.82. The van der Waals surface area contributed by atoms with E-state index >= 15 is 0 Å². The first kappa shape index (κ1) is 20.4. The first-order chi connectivity index (χ1) is 16.5. The molecular weight excluding hydrogens is 432 g/mol. The summed E-state index contributed by atoms with van der Waals surface area (Å²) in [7, 11) is 0. The first-order valence-corrected chi connectivity index (χ1v) is 11.3. The number of imidazole rings is 1. The van der Waals surface area contributed by atoms with Gasteiger partial charge in [-0.2, -0.15) is 0 Å². The van der Waals surface area contributed by atoms with Crippen LogP contribution in [0.3, 0.4) is 0 Å². The Morgan fingerprint density at radius 3 is 2.82 bits per heavy atom. The zero-order valence-electron chi connectivity index (χ0n) is 18.9. The molecule has 10 heteroatoms. The largest absolute Gasteiger partial charge is 0.441 e. The highest BCUT2D eigenvalue weighted by Crippen LogP contribution is 2.29. The van der Waals surface area contributed by atoms with E-state index in [0.29, 0.717) is 17.4 Å². The number of aromatic amines is 1. The van der Waals surface area contributed by atoms with Crippen LogP contribution in [0.25, 0.3) is 22.3 Å². The van der Waals surface area contributed by atoms with E-state index in [-0.39, 0.29) is 11.7 Å². The van der Waals surface area contributed by atoms with Crippen LogP contribution < -0.4 is 15.9 Å². The summed E-state index contributed by atoms with van der Waals surface area (Å²) in [6.07, 6.45) is 4.95. The normalized spacial score (nSPS) is 14.8. The molecule has 0 atom stereocenters. The third-order valence-electron chi connectivity index (χ3n) is 6.35. The number of fused-ring (bicyclic) bond motifs is 2. The van der Waals surface area contributed by atoms with E-state index in [9.17, 15) is 4.79 Å². The minimum absolute atomic E-state index is 0.102. The molecule has 0 spiro atoms. The number of H-pyrrole nitrogens is 1. The molecule has 0 unspecified atom stereocenters. The lowest BCUT2D eigenvalue weighted by molar-refractivity contribution is 0.395. The molecule has 0 aliphatic carbocycles. The van der Waals surface area contributed by atoms with Crippen LogP contribution in [0.1, 0.15) is 30.3 Å². The third kappa shape index (κ3) is 3.57. The molecule has 10 nitrogen and oxygen atoms in total. The Kier molecular flexibility index (Phi) is 4.79. The Morgan fingerprint density at radius 2 is 1.97 bits per heavy atom. The maximum atomic E-state index is 12.5. The molecule has 4 aromatic heterocycles. The fourth-order valence-electron chi connectivity index (χ4n) is 4.79. The predicted octanol–water partition coefficient (Wildman–Crippen LogP) is 3.86. The SMILES string of the molecule is Cc1nc2cc(Nc3cc(N4CCC(n5c(=O)[nH]c6ncccc65)CC4)ncn3)cc(C)c2o1. The van der Waals surface area contributed by atoms with Gasteiger partial charge in [0.05, 0.1) is 5.52 Å². The summed E-state index contributed by atoms with van der Waals surface area (Å²) >= 11 is 0. The highest BCUT2D eigenvalue weighted by atomic mass is 16.3. The fraction of sp³-hybridized carbons (Fsp3) is 0.292. The molecule has 172 valence electrons. The van der Waals surface area contributed by atoms with Crippen molar-refractivity contribution in [3.63, 3.8) is 0 Å². The lowest BCUT2D eigenvalue weighted by atomic mass is 10.0. The summed E-state index contributed by atoms with van der Waals surface area (Å²) in [5.41, 5.74) is 4.92. The molecule has 1 aliphatic rings. The predicted molar refractivity (Wildman–Crippen MR) is 130 cm³/mol. The van der Waals surface area contributed by atoms with Gasteiger partial charge in [0.1, 0.15) is 23.5 Å². The minimum Gasteiger partial charge on any atom is -0.441 e. The van der Waals surface area contributed by atoms with Gasteiger partial charge in [0, 0.05) is 44.0 Å². The van der Waals surface area contributed by atoms with E-state index in [1.54, 1.807) is 12.5 Å². The van der Waals surface area contributed by atoms with E-state index < -0.39 is 0 Å². The van der Waals surface area contributed by atoms with Gasteiger partial charge in [-0.3, -0.25) is 9.55 Å². The summed E-state index contributed by atoms with van der Waals surface area (Å²) in [4.78, 5) is 35.2. The molecule has 1 aromatic carbocycles. The van der Waals surface area contributed by atoms with E-state index in [1.165, 1.54) is 0 Å². The molecular formula is C24H24N8O2. The third-order valence-corrected chi connectivity index (χ3v) is 6.35. The molecule has 5 aromatic rings. The maximum absolute atomic E-state index is 12.5. The van der Waals surface area contributed by atoms with Gasteiger partial charge in [0.15, 0.2) is 17.1 Å². The molecule has 0 bridgehead atoms. The number of piperidine rings is 1. The fourth-order valence-corrected chi connectivity index (χ4v) is 4.79. The summed E-state index contributed by atoms with van der Waals surface area (Å²) in [5.74, 6) is 2.22.